The van der Waals surface area contributed by atoms with Crippen LogP contribution in [0.1, 0.15) is 21.6 Å². The Balaban J connectivity index is 1.45. The van der Waals surface area contributed by atoms with Crippen LogP contribution < -0.4 is 0 Å². The van der Waals surface area contributed by atoms with Crippen molar-refractivity contribution in [3.05, 3.63) is 78.0 Å². The Kier molecular flexibility index (Phi) is 3.57. The van der Waals surface area contributed by atoms with Gasteiger partial charge in [0.25, 0.3) is 5.91 Å². The van der Waals surface area contributed by atoms with Crippen molar-refractivity contribution in [2.75, 3.05) is 6.54 Å². The van der Waals surface area contributed by atoms with Crippen molar-refractivity contribution in [1.82, 2.24) is 24.1 Å². The molecule has 4 heterocycles. The zero-order valence-electron chi connectivity index (χ0n) is 15.0. The van der Waals surface area contributed by atoms with Crippen LogP contribution in [0, 0.1) is 0 Å². The largest absolute Gasteiger partial charge is 0.332 e. The van der Waals surface area contributed by atoms with Gasteiger partial charge >= 0.3 is 0 Å². The molecule has 0 spiro atoms. The molecule has 0 atom stereocenters. The number of imidazole rings is 1. The van der Waals surface area contributed by atoms with Crippen molar-refractivity contribution < 1.29 is 4.79 Å². The van der Waals surface area contributed by atoms with Crippen LogP contribution >= 0.6 is 0 Å². The number of hydrogen-bond donors (Lipinski definition) is 0. The van der Waals surface area contributed by atoms with Crippen molar-refractivity contribution in [3.8, 4) is 11.3 Å². The lowest BCUT2D eigenvalue weighted by Gasteiger charge is -2.26. The predicted molar refractivity (Wildman–Crippen MR) is 102 cm³/mol. The summed E-state index contributed by atoms with van der Waals surface area (Å²) in [5.41, 5.74) is 6.16. The topological polar surface area (TPSA) is 55.4 Å². The first-order valence-corrected chi connectivity index (χ1v) is 9.02. The van der Waals surface area contributed by atoms with E-state index in [0.717, 1.165) is 23.3 Å². The summed E-state index contributed by atoms with van der Waals surface area (Å²) in [5, 5.41) is 4.70. The third kappa shape index (κ3) is 2.61. The van der Waals surface area contributed by atoms with Crippen LogP contribution in [0.5, 0.6) is 0 Å². The first-order valence-electron chi connectivity index (χ1n) is 9.02. The fraction of sp³-hybridized carbons (Fsp3) is 0.190. The number of aromatic nitrogens is 4. The normalized spacial score (nSPS) is 13.7. The van der Waals surface area contributed by atoms with Gasteiger partial charge in [0.2, 0.25) is 0 Å². The average molecular weight is 357 g/mol. The highest BCUT2D eigenvalue weighted by Gasteiger charge is 2.27. The molecule has 6 heteroatoms. The minimum Gasteiger partial charge on any atom is -0.332 e. The summed E-state index contributed by atoms with van der Waals surface area (Å²) in [5.74, 6) is 0.0382. The summed E-state index contributed by atoms with van der Waals surface area (Å²) in [6, 6.07) is 14.0. The van der Waals surface area contributed by atoms with E-state index in [9.17, 15) is 4.79 Å². The van der Waals surface area contributed by atoms with Gasteiger partial charge in [0, 0.05) is 36.5 Å². The predicted octanol–water partition coefficient (Wildman–Crippen LogP) is 2.93. The first-order chi connectivity index (χ1) is 13.2. The van der Waals surface area contributed by atoms with Crippen LogP contribution in [0.25, 0.3) is 16.8 Å². The van der Waals surface area contributed by atoms with Crippen LogP contribution in [0.4, 0.5) is 0 Å². The Bertz CT molecular complexity index is 1140. The summed E-state index contributed by atoms with van der Waals surface area (Å²) in [6.07, 6.45) is 6.18. The molecule has 6 nitrogen and oxygen atoms in total. The lowest BCUT2D eigenvalue weighted by atomic mass is 9.99. The van der Waals surface area contributed by atoms with Gasteiger partial charge in [-0.25, -0.2) is 4.98 Å². The molecule has 0 aliphatic carbocycles. The Morgan fingerprint density at radius 1 is 1.15 bits per heavy atom. The summed E-state index contributed by atoms with van der Waals surface area (Å²) in [7, 11) is 1.97. The maximum atomic E-state index is 13.0. The second-order valence-electron chi connectivity index (χ2n) is 6.88. The van der Waals surface area contributed by atoms with Crippen LogP contribution in [0.2, 0.25) is 0 Å². The molecular weight excluding hydrogens is 338 g/mol. The van der Waals surface area contributed by atoms with E-state index < -0.39 is 0 Å². The number of benzene rings is 1. The molecule has 0 saturated carbocycles. The molecule has 1 aliphatic rings. The van der Waals surface area contributed by atoms with Gasteiger partial charge < -0.3 is 9.30 Å². The lowest BCUT2D eigenvalue weighted by Crippen LogP contribution is -2.36. The van der Waals surface area contributed by atoms with Crippen LogP contribution in [-0.2, 0) is 20.0 Å². The third-order valence-corrected chi connectivity index (χ3v) is 5.20. The van der Waals surface area contributed by atoms with E-state index in [-0.39, 0.29) is 5.91 Å². The minimum absolute atomic E-state index is 0.0382. The van der Waals surface area contributed by atoms with Gasteiger partial charge in [-0.05, 0) is 18.6 Å². The SMILES string of the molecule is Cn1nc2c(c1-c1ccccc1)CCN(C(=O)c1ccn3cncc3c1)C2. The average Bonchev–Trinajstić information content (AvgIpc) is 3.30. The molecule has 4 aromatic rings. The number of hydrogen-bond acceptors (Lipinski definition) is 3. The summed E-state index contributed by atoms with van der Waals surface area (Å²) >= 11 is 0. The fourth-order valence-electron chi connectivity index (χ4n) is 3.89. The van der Waals surface area contributed by atoms with E-state index in [0.29, 0.717) is 18.7 Å². The molecule has 27 heavy (non-hydrogen) atoms. The number of rotatable bonds is 2. The Hall–Kier alpha value is -3.41. The highest BCUT2D eigenvalue weighted by atomic mass is 16.2. The van der Waals surface area contributed by atoms with Crippen molar-refractivity contribution in [3.63, 3.8) is 0 Å². The number of carbonyl (C=O) groups is 1. The minimum atomic E-state index is 0.0382. The van der Waals surface area contributed by atoms with Crippen molar-refractivity contribution in [1.29, 1.82) is 0 Å². The van der Waals surface area contributed by atoms with Crippen molar-refractivity contribution >= 4 is 11.4 Å². The lowest BCUT2D eigenvalue weighted by molar-refractivity contribution is 0.0732. The van der Waals surface area contributed by atoms with E-state index in [2.05, 4.69) is 17.1 Å². The number of nitrogens with zero attached hydrogens (tertiary/aromatic N) is 5. The van der Waals surface area contributed by atoms with E-state index in [1.807, 2.05) is 57.6 Å². The number of carbonyl (C=O) groups excluding carboxylic acids is 1. The highest BCUT2D eigenvalue weighted by Crippen LogP contribution is 2.30. The van der Waals surface area contributed by atoms with Crippen molar-refractivity contribution in [2.45, 2.75) is 13.0 Å². The van der Waals surface area contributed by atoms with Gasteiger partial charge in [0.1, 0.15) is 0 Å². The smallest absolute Gasteiger partial charge is 0.254 e. The zero-order chi connectivity index (χ0) is 18.4. The van der Waals surface area contributed by atoms with Crippen LogP contribution in [0.3, 0.4) is 0 Å². The van der Waals surface area contributed by atoms with Gasteiger partial charge in [-0.2, -0.15) is 5.10 Å². The second kappa shape index (κ2) is 6.09. The van der Waals surface area contributed by atoms with E-state index in [4.69, 9.17) is 5.10 Å². The molecule has 0 saturated heterocycles. The molecule has 1 aromatic carbocycles. The number of amides is 1. The standard InChI is InChI=1S/C21H19N5O/c1-24-20(15-5-3-2-4-6-15)18-8-10-25(13-19(18)23-24)21(27)16-7-9-26-14-22-12-17(26)11-16/h2-7,9,11-12,14H,8,10,13H2,1H3. The number of aryl methyl sites for hydroxylation is 1. The molecule has 1 amide bonds. The van der Waals surface area contributed by atoms with E-state index >= 15 is 0 Å². The van der Waals surface area contributed by atoms with Crippen molar-refractivity contribution in [2.24, 2.45) is 7.05 Å². The fourth-order valence-corrected chi connectivity index (χ4v) is 3.89. The number of pyridine rings is 1. The summed E-state index contributed by atoms with van der Waals surface area (Å²) in [4.78, 5) is 19.0. The molecule has 134 valence electrons. The van der Waals surface area contributed by atoms with E-state index in [1.165, 1.54) is 11.1 Å². The zero-order valence-corrected chi connectivity index (χ0v) is 15.0. The maximum Gasteiger partial charge on any atom is 0.254 e. The van der Waals surface area contributed by atoms with Gasteiger partial charge in [0.15, 0.2) is 0 Å². The molecule has 1 aliphatic heterocycles. The Morgan fingerprint density at radius 3 is 2.85 bits per heavy atom. The molecular formula is C21H19N5O. The molecule has 0 fully saturated rings. The Morgan fingerprint density at radius 2 is 2.00 bits per heavy atom. The van der Waals surface area contributed by atoms with Gasteiger partial charge in [-0.15, -0.1) is 0 Å². The number of fused-ring (bicyclic) bond motifs is 2. The first kappa shape index (κ1) is 15.8. The molecule has 3 aromatic heterocycles. The highest BCUT2D eigenvalue weighted by molar-refractivity contribution is 5.95. The van der Waals surface area contributed by atoms with Gasteiger partial charge in [-0.3, -0.25) is 9.48 Å². The quantitative estimate of drug-likeness (QED) is 0.554. The van der Waals surface area contributed by atoms with Gasteiger partial charge in [-0.1, -0.05) is 30.3 Å². The van der Waals surface area contributed by atoms with Crippen LogP contribution in [0.15, 0.2) is 61.2 Å². The molecule has 0 unspecified atom stereocenters. The molecule has 5 rings (SSSR count). The Labute approximate surface area is 156 Å². The molecule has 0 bridgehead atoms. The third-order valence-electron chi connectivity index (χ3n) is 5.20. The molecule has 0 radical (unpaired) electrons. The monoisotopic (exact) mass is 357 g/mol. The summed E-state index contributed by atoms with van der Waals surface area (Å²) in [6.45, 7) is 1.24. The van der Waals surface area contributed by atoms with Gasteiger partial charge in [0.05, 0.1) is 36.0 Å². The van der Waals surface area contributed by atoms with Crippen LogP contribution in [-0.4, -0.2) is 36.5 Å². The maximum absolute atomic E-state index is 13.0. The van der Waals surface area contributed by atoms with E-state index in [1.54, 1.807) is 12.5 Å². The summed E-state index contributed by atoms with van der Waals surface area (Å²) < 4.78 is 3.84. The second-order valence-corrected chi connectivity index (χ2v) is 6.88. The molecule has 0 N–H and O–H groups in total.